The van der Waals surface area contributed by atoms with Crippen LogP contribution in [0.3, 0.4) is 0 Å². The van der Waals surface area contributed by atoms with Gasteiger partial charge < -0.3 is 5.32 Å². The molecule has 1 fully saturated rings. The first-order valence-electron chi connectivity index (χ1n) is 6.46. The SMILES string of the molecule is Cc1nc(Br)ccc1NC1CCC(C)CC1C. The molecule has 2 rings (SSSR count). The maximum atomic E-state index is 4.43. The molecule has 0 saturated heterocycles. The van der Waals surface area contributed by atoms with Gasteiger partial charge in [0.05, 0.1) is 11.4 Å². The fourth-order valence-electron chi connectivity index (χ4n) is 2.76. The predicted octanol–water partition coefficient (Wildman–Crippen LogP) is 4.39. The first-order chi connectivity index (χ1) is 8.06. The molecule has 3 heteroatoms. The number of halogens is 1. The molecule has 0 bridgehead atoms. The summed E-state index contributed by atoms with van der Waals surface area (Å²) in [6.45, 7) is 6.78. The van der Waals surface area contributed by atoms with Crippen molar-refractivity contribution in [1.82, 2.24) is 4.98 Å². The van der Waals surface area contributed by atoms with Crippen molar-refractivity contribution in [2.24, 2.45) is 11.8 Å². The number of hydrogen-bond donors (Lipinski definition) is 1. The quantitative estimate of drug-likeness (QED) is 0.819. The van der Waals surface area contributed by atoms with E-state index in [1.165, 1.54) is 24.9 Å². The lowest BCUT2D eigenvalue weighted by atomic mass is 9.80. The third kappa shape index (κ3) is 3.21. The van der Waals surface area contributed by atoms with Gasteiger partial charge in [0.1, 0.15) is 4.60 Å². The summed E-state index contributed by atoms with van der Waals surface area (Å²) in [6, 6.07) is 4.73. The lowest BCUT2D eigenvalue weighted by Crippen LogP contribution is -2.33. The Morgan fingerprint density at radius 1 is 1.29 bits per heavy atom. The van der Waals surface area contributed by atoms with Crippen LogP contribution in [0.1, 0.15) is 38.8 Å². The first kappa shape index (κ1) is 12.9. The van der Waals surface area contributed by atoms with Gasteiger partial charge in [0, 0.05) is 6.04 Å². The van der Waals surface area contributed by atoms with E-state index in [1.807, 2.05) is 6.07 Å². The van der Waals surface area contributed by atoms with E-state index in [0.29, 0.717) is 6.04 Å². The van der Waals surface area contributed by atoms with Crippen molar-refractivity contribution in [1.29, 1.82) is 0 Å². The van der Waals surface area contributed by atoms with Crippen LogP contribution in [-0.4, -0.2) is 11.0 Å². The highest BCUT2D eigenvalue weighted by Gasteiger charge is 2.25. The van der Waals surface area contributed by atoms with E-state index in [0.717, 1.165) is 22.1 Å². The number of rotatable bonds is 2. The first-order valence-corrected chi connectivity index (χ1v) is 7.25. The zero-order valence-electron chi connectivity index (χ0n) is 10.8. The summed E-state index contributed by atoms with van der Waals surface area (Å²) in [6.07, 6.45) is 3.95. The van der Waals surface area contributed by atoms with E-state index in [-0.39, 0.29) is 0 Å². The number of hydrogen-bond acceptors (Lipinski definition) is 2. The monoisotopic (exact) mass is 296 g/mol. The van der Waals surface area contributed by atoms with Crippen molar-refractivity contribution in [2.75, 3.05) is 5.32 Å². The average Bonchev–Trinajstić information content (AvgIpc) is 2.25. The molecule has 1 aromatic rings. The van der Waals surface area contributed by atoms with Crippen molar-refractivity contribution in [3.63, 3.8) is 0 Å². The Kier molecular flexibility index (Phi) is 4.08. The number of pyridine rings is 1. The molecule has 1 aromatic heterocycles. The van der Waals surface area contributed by atoms with Crippen LogP contribution < -0.4 is 5.32 Å². The minimum atomic E-state index is 0.605. The molecule has 0 aromatic carbocycles. The van der Waals surface area contributed by atoms with Crippen molar-refractivity contribution >= 4 is 21.6 Å². The van der Waals surface area contributed by atoms with Gasteiger partial charge in [0.25, 0.3) is 0 Å². The summed E-state index contributed by atoms with van der Waals surface area (Å²) < 4.78 is 0.908. The molecular formula is C14H21BrN2. The molecule has 0 aliphatic heterocycles. The van der Waals surface area contributed by atoms with Crippen molar-refractivity contribution < 1.29 is 0 Å². The largest absolute Gasteiger partial charge is 0.381 e. The Morgan fingerprint density at radius 2 is 2.06 bits per heavy atom. The van der Waals surface area contributed by atoms with Gasteiger partial charge in [0.2, 0.25) is 0 Å². The highest BCUT2D eigenvalue weighted by molar-refractivity contribution is 9.10. The van der Waals surface area contributed by atoms with Gasteiger partial charge in [-0.05, 0) is 66.1 Å². The average molecular weight is 297 g/mol. The van der Waals surface area contributed by atoms with Crippen LogP contribution in [0, 0.1) is 18.8 Å². The number of anilines is 1. The van der Waals surface area contributed by atoms with Gasteiger partial charge in [-0.3, -0.25) is 0 Å². The summed E-state index contributed by atoms with van der Waals surface area (Å²) in [5.41, 5.74) is 2.25. The number of aryl methyl sites for hydroxylation is 1. The summed E-state index contributed by atoms with van der Waals surface area (Å²) in [7, 11) is 0. The third-order valence-electron chi connectivity index (χ3n) is 3.82. The molecule has 17 heavy (non-hydrogen) atoms. The molecule has 1 aliphatic carbocycles. The molecule has 1 saturated carbocycles. The van der Waals surface area contributed by atoms with E-state index >= 15 is 0 Å². The highest BCUT2D eigenvalue weighted by Crippen LogP contribution is 2.31. The van der Waals surface area contributed by atoms with Crippen LogP contribution >= 0.6 is 15.9 Å². The standard InChI is InChI=1S/C14H21BrN2/c1-9-4-5-12(10(2)8-9)17-13-6-7-14(15)16-11(13)3/h6-7,9-10,12,17H,4-5,8H2,1-3H3. The summed E-state index contributed by atoms with van der Waals surface area (Å²) in [5, 5.41) is 3.66. The zero-order chi connectivity index (χ0) is 12.4. The maximum Gasteiger partial charge on any atom is 0.106 e. The second kappa shape index (κ2) is 5.38. The Hall–Kier alpha value is -0.570. The molecule has 1 heterocycles. The summed E-state index contributed by atoms with van der Waals surface area (Å²) in [5.74, 6) is 1.63. The van der Waals surface area contributed by atoms with Crippen LogP contribution in [0.2, 0.25) is 0 Å². The number of aromatic nitrogens is 1. The predicted molar refractivity (Wildman–Crippen MR) is 76.3 cm³/mol. The van der Waals surface area contributed by atoms with Crippen molar-refractivity contribution in [3.05, 3.63) is 22.4 Å². The third-order valence-corrected chi connectivity index (χ3v) is 4.27. The van der Waals surface area contributed by atoms with E-state index in [2.05, 4.69) is 53.1 Å². The molecule has 0 spiro atoms. The second-order valence-corrected chi connectivity index (χ2v) is 6.23. The molecule has 2 nitrogen and oxygen atoms in total. The molecule has 1 aliphatic rings. The lowest BCUT2D eigenvalue weighted by Gasteiger charge is -2.34. The topological polar surface area (TPSA) is 24.9 Å². The fraction of sp³-hybridized carbons (Fsp3) is 0.643. The van der Waals surface area contributed by atoms with Crippen LogP contribution in [0.25, 0.3) is 0 Å². The van der Waals surface area contributed by atoms with E-state index < -0.39 is 0 Å². The van der Waals surface area contributed by atoms with Gasteiger partial charge in [-0.2, -0.15) is 0 Å². The summed E-state index contributed by atoms with van der Waals surface area (Å²) >= 11 is 3.40. The van der Waals surface area contributed by atoms with Crippen LogP contribution in [-0.2, 0) is 0 Å². The van der Waals surface area contributed by atoms with Crippen molar-refractivity contribution in [3.8, 4) is 0 Å². The Balaban J connectivity index is 2.05. The minimum absolute atomic E-state index is 0.605. The minimum Gasteiger partial charge on any atom is -0.381 e. The Bertz CT molecular complexity index is 392. The molecule has 0 amide bonds. The van der Waals surface area contributed by atoms with Crippen LogP contribution in [0.15, 0.2) is 16.7 Å². The molecule has 1 N–H and O–H groups in total. The Labute approximate surface area is 112 Å². The number of nitrogens with zero attached hydrogens (tertiary/aromatic N) is 1. The van der Waals surface area contributed by atoms with Gasteiger partial charge in [-0.1, -0.05) is 13.8 Å². The zero-order valence-corrected chi connectivity index (χ0v) is 12.4. The smallest absolute Gasteiger partial charge is 0.106 e. The van der Waals surface area contributed by atoms with E-state index in [4.69, 9.17) is 0 Å². The molecule has 0 radical (unpaired) electrons. The van der Waals surface area contributed by atoms with E-state index in [9.17, 15) is 0 Å². The van der Waals surface area contributed by atoms with Gasteiger partial charge in [0.15, 0.2) is 0 Å². The van der Waals surface area contributed by atoms with Gasteiger partial charge >= 0.3 is 0 Å². The highest BCUT2D eigenvalue weighted by atomic mass is 79.9. The van der Waals surface area contributed by atoms with E-state index in [1.54, 1.807) is 0 Å². The Morgan fingerprint density at radius 3 is 2.71 bits per heavy atom. The molecule has 3 atom stereocenters. The second-order valence-electron chi connectivity index (χ2n) is 5.41. The van der Waals surface area contributed by atoms with Gasteiger partial charge in [-0.15, -0.1) is 0 Å². The maximum absolute atomic E-state index is 4.43. The molecule has 3 unspecified atom stereocenters. The van der Waals surface area contributed by atoms with Crippen molar-refractivity contribution in [2.45, 2.75) is 46.1 Å². The molecular weight excluding hydrogens is 276 g/mol. The van der Waals surface area contributed by atoms with Gasteiger partial charge in [-0.25, -0.2) is 4.98 Å². The van der Waals surface area contributed by atoms with Crippen LogP contribution in [0.4, 0.5) is 5.69 Å². The lowest BCUT2D eigenvalue weighted by molar-refractivity contribution is 0.276. The summed E-state index contributed by atoms with van der Waals surface area (Å²) in [4.78, 5) is 4.43. The normalized spacial score (nSPS) is 29.1. The molecule has 94 valence electrons. The fourth-order valence-corrected chi connectivity index (χ4v) is 3.16. The van der Waals surface area contributed by atoms with Crippen LogP contribution in [0.5, 0.6) is 0 Å². The number of nitrogens with one attached hydrogen (secondary N) is 1.